The molecule has 0 aromatic carbocycles. The van der Waals surface area contributed by atoms with Crippen LogP contribution in [0.5, 0.6) is 5.88 Å². The van der Waals surface area contributed by atoms with Gasteiger partial charge in [0.2, 0.25) is 0 Å². The lowest BCUT2D eigenvalue weighted by Gasteiger charge is -2.10. The number of aliphatic hydroxyl groups excluding tert-OH is 1. The first-order valence-electron chi connectivity index (χ1n) is 4.08. The van der Waals surface area contributed by atoms with Crippen molar-refractivity contribution in [1.82, 2.24) is 4.57 Å². The smallest absolute Gasteiger partial charge is 0.253 e. The fourth-order valence-electron chi connectivity index (χ4n) is 1.17. The van der Waals surface area contributed by atoms with Gasteiger partial charge in [-0.15, -0.1) is 0 Å². The summed E-state index contributed by atoms with van der Waals surface area (Å²) < 4.78 is 1.16. The van der Waals surface area contributed by atoms with Crippen molar-refractivity contribution < 1.29 is 10.2 Å². The van der Waals surface area contributed by atoms with Crippen molar-refractivity contribution in [1.29, 1.82) is 0 Å². The fourth-order valence-corrected chi connectivity index (χ4v) is 1.17. The molecule has 0 atom stereocenters. The maximum atomic E-state index is 11.3. The summed E-state index contributed by atoms with van der Waals surface area (Å²) in [5.74, 6) is -0.0564. The predicted molar refractivity (Wildman–Crippen MR) is 48.9 cm³/mol. The van der Waals surface area contributed by atoms with E-state index in [0.29, 0.717) is 5.56 Å². The molecule has 0 bridgehead atoms. The summed E-state index contributed by atoms with van der Waals surface area (Å²) >= 11 is 0. The standard InChI is InChI=1S/C9H13NO3/c1-6-5-8(12)10(3-4-11)9(13)7(6)2/h5,11,13H,3-4H2,1-2H3. The van der Waals surface area contributed by atoms with Gasteiger partial charge in [-0.05, 0) is 19.4 Å². The molecule has 0 fully saturated rings. The fraction of sp³-hybridized carbons (Fsp3) is 0.444. The zero-order valence-corrected chi connectivity index (χ0v) is 7.74. The molecule has 0 spiro atoms. The molecule has 0 aliphatic rings. The van der Waals surface area contributed by atoms with Gasteiger partial charge in [0.05, 0.1) is 13.2 Å². The van der Waals surface area contributed by atoms with Crippen molar-refractivity contribution in [2.45, 2.75) is 20.4 Å². The maximum absolute atomic E-state index is 11.3. The molecule has 1 rings (SSSR count). The summed E-state index contributed by atoms with van der Waals surface area (Å²) in [5.41, 5.74) is 1.15. The van der Waals surface area contributed by atoms with Crippen LogP contribution in [-0.4, -0.2) is 21.4 Å². The van der Waals surface area contributed by atoms with Crippen LogP contribution >= 0.6 is 0 Å². The van der Waals surface area contributed by atoms with Gasteiger partial charge < -0.3 is 10.2 Å². The van der Waals surface area contributed by atoms with Crippen LogP contribution in [0.25, 0.3) is 0 Å². The van der Waals surface area contributed by atoms with Crippen LogP contribution < -0.4 is 5.56 Å². The highest BCUT2D eigenvalue weighted by molar-refractivity contribution is 5.32. The first kappa shape index (κ1) is 9.80. The summed E-state index contributed by atoms with van der Waals surface area (Å²) in [6.07, 6.45) is 0. The minimum Gasteiger partial charge on any atom is -0.494 e. The third kappa shape index (κ3) is 1.72. The average molecular weight is 183 g/mol. The lowest BCUT2D eigenvalue weighted by molar-refractivity contribution is 0.263. The minimum atomic E-state index is -0.283. The van der Waals surface area contributed by atoms with E-state index >= 15 is 0 Å². The van der Waals surface area contributed by atoms with Crippen molar-refractivity contribution in [2.24, 2.45) is 0 Å². The number of aryl methyl sites for hydroxylation is 1. The number of aromatic hydroxyl groups is 1. The van der Waals surface area contributed by atoms with Gasteiger partial charge in [-0.3, -0.25) is 9.36 Å². The molecule has 0 radical (unpaired) electrons. The van der Waals surface area contributed by atoms with Crippen molar-refractivity contribution in [3.05, 3.63) is 27.5 Å². The van der Waals surface area contributed by atoms with Gasteiger partial charge in [0, 0.05) is 11.6 Å². The van der Waals surface area contributed by atoms with Gasteiger partial charge in [0.15, 0.2) is 5.88 Å². The first-order chi connectivity index (χ1) is 6.07. The van der Waals surface area contributed by atoms with E-state index in [1.807, 2.05) is 0 Å². The number of pyridine rings is 1. The Morgan fingerprint density at radius 2 is 2.08 bits per heavy atom. The van der Waals surface area contributed by atoms with Crippen molar-refractivity contribution in [2.75, 3.05) is 6.61 Å². The highest BCUT2D eigenvalue weighted by atomic mass is 16.3. The van der Waals surface area contributed by atoms with Crippen molar-refractivity contribution >= 4 is 0 Å². The molecular formula is C9H13NO3. The molecule has 0 saturated heterocycles. The van der Waals surface area contributed by atoms with Crippen molar-refractivity contribution in [3.63, 3.8) is 0 Å². The molecule has 4 nitrogen and oxygen atoms in total. The maximum Gasteiger partial charge on any atom is 0.253 e. The second kappa shape index (κ2) is 3.62. The number of nitrogens with zero attached hydrogens (tertiary/aromatic N) is 1. The van der Waals surface area contributed by atoms with Crippen LogP contribution in [0.3, 0.4) is 0 Å². The second-order valence-corrected chi connectivity index (χ2v) is 2.99. The Bertz CT molecular complexity index is 368. The van der Waals surface area contributed by atoms with Gasteiger partial charge in [0.25, 0.3) is 5.56 Å². The third-order valence-corrected chi connectivity index (χ3v) is 2.11. The number of hydrogen-bond donors (Lipinski definition) is 2. The zero-order chi connectivity index (χ0) is 10.0. The van der Waals surface area contributed by atoms with Crippen LogP contribution in [0.2, 0.25) is 0 Å². The quantitative estimate of drug-likeness (QED) is 0.686. The van der Waals surface area contributed by atoms with Crippen LogP contribution in [0.4, 0.5) is 0 Å². The van der Waals surface area contributed by atoms with E-state index in [9.17, 15) is 9.90 Å². The Balaban J connectivity index is 3.35. The van der Waals surface area contributed by atoms with Crippen LogP contribution in [0, 0.1) is 13.8 Å². The topological polar surface area (TPSA) is 62.5 Å². The molecule has 0 saturated carbocycles. The molecule has 2 N–H and O–H groups in total. The Morgan fingerprint density at radius 1 is 1.46 bits per heavy atom. The van der Waals surface area contributed by atoms with Gasteiger partial charge in [0.1, 0.15) is 0 Å². The number of rotatable bonds is 2. The van der Waals surface area contributed by atoms with E-state index in [0.717, 1.165) is 10.1 Å². The molecule has 4 heteroatoms. The summed E-state index contributed by atoms with van der Waals surface area (Å²) in [5, 5.41) is 18.2. The first-order valence-corrected chi connectivity index (χ1v) is 4.08. The number of aliphatic hydroxyl groups is 1. The highest BCUT2D eigenvalue weighted by Crippen LogP contribution is 2.16. The Kier molecular flexibility index (Phi) is 2.72. The molecule has 72 valence electrons. The molecule has 0 amide bonds. The Morgan fingerprint density at radius 3 is 2.62 bits per heavy atom. The Hall–Kier alpha value is -1.29. The van der Waals surface area contributed by atoms with E-state index in [-0.39, 0.29) is 24.6 Å². The molecule has 1 aromatic heterocycles. The highest BCUT2D eigenvalue weighted by Gasteiger charge is 2.07. The monoisotopic (exact) mass is 183 g/mol. The molecule has 1 aromatic rings. The molecule has 0 aliphatic heterocycles. The second-order valence-electron chi connectivity index (χ2n) is 2.99. The van der Waals surface area contributed by atoms with Gasteiger partial charge in [-0.1, -0.05) is 0 Å². The van der Waals surface area contributed by atoms with E-state index in [1.165, 1.54) is 6.07 Å². The lowest BCUT2D eigenvalue weighted by Crippen LogP contribution is -2.22. The zero-order valence-electron chi connectivity index (χ0n) is 7.74. The van der Waals surface area contributed by atoms with Gasteiger partial charge in [-0.25, -0.2) is 0 Å². The normalized spacial score (nSPS) is 10.4. The Labute approximate surface area is 76.1 Å². The van der Waals surface area contributed by atoms with E-state index < -0.39 is 0 Å². The van der Waals surface area contributed by atoms with Gasteiger partial charge in [-0.2, -0.15) is 0 Å². The molecule has 0 aliphatic carbocycles. The van der Waals surface area contributed by atoms with E-state index in [1.54, 1.807) is 13.8 Å². The molecular weight excluding hydrogens is 170 g/mol. The summed E-state index contributed by atoms with van der Waals surface area (Å²) in [4.78, 5) is 11.3. The molecule has 1 heterocycles. The van der Waals surface area contributed by atoms with Crippen LogP contribution in [-0.2, 0) is 6.54 Å². The largest absolute Gasteiger partial charge is 0.494 e. The molecule has 0 unspecified atom stereocenters. The van der Waals surface area contributed by atoms with Gasteiger partial charge >= 0.3 is 0 Å². The number of aromatic nitrogens is 1. The summed E-state index contributed by atoms with van der Waals surface area (Å²) in [7, 11) is 0. The van der Waals surface area contributed by atoms with Crippen LogP contribution in [0.1, 0.15) is 11.1 Å². The molecule has 13 heavy (non-hydrogen) atoms. The summed E-state index contributed by atoms with van der Waals surface area (Å²) in [6.45, 7) is 3.47. The minimum absolute atomic E-state index is 0.0564. The predicted octanol–water partition coefficient (Wildman–Crippen LogP) is 0.163. The van der Waals surface area contributed by atoms with Crippen LogP contribution in [0.15, 0.2) is 10.9 Å². The number of hydrogen-bond acceptors (Lipinski definition) is 3. The van der Waals surface area contributed by atoms with E-state index in [2.05, 4.69) is 0 Å². The van der Waals surface area contributed by atoms with E-state index in [4.69, 9.17) is 5.11 Å². The van der Waals surface area contributed by atoms with Crippen molar-refractivity contribution in [3.8, 4) is 5.88 Å². The summed E-state index contributed by atoms with van der Waals surface area (Å²) in [6, 6.07) is 1.45. The SMILES string of the molecule is Cc1cc(=O)n(CCO)c(O)c1C. The average Bonchev–Trinajstić information content (AvgIpc) is 2.09. The lowest BCUT2D eigenvalue weighted by atomic mass is 10.2. The third-order valence-electron chi connectivity index (χ3n) is 2.11.